The Labute approximate surface area is 221 Å². The minimum Gasteiger partial charge on any atom is -0.488 e. The van der Waals surface area contributed by atoms with Gasteiger partial charge in [-0.05, 0) is 42.0 Å². The highest BCUT2D eigenvalue weighted by Gasteiger charge is 2.13. The lowest BCUT2D eigenvalue weighted by atomic mass is 10.2. The molecule has 1 amide bonds. The number of thioether (sulfide) groups is 1. The van der Waals surface area contributed by atoms with Crippen molar-refractivity contribution >= 4 is 58.7 Å². The van der Waals surface area contributed by atoms with Crippen LogP contribution in [0.15, 0.2) is 83.1 Å². The molecule has 0 atom stereocenters. The lowest BCUT2D eigenvalue weighted by Crippen LogP contribution is -2.17. The fourth-order valence-corrected chi connectivity index (χ4v) is 3.92. The lowest BCUT2D eigenvalue weighted by Gasteiger charge is -2.09. The van der Waals surface area contributed by atoms with Gasteiger partial charge in [-0.25, -0.2) is 10.1 Å². The van der Waals surface area contributed by atoms with Crippen molar-refractivity contribution in [2.45, 2.75) is 11.8 Å². The van der Waals surface area contributed by atoms with Gasteiger partial charge in [-0.3, -0.25) is 4.79 Å². The van der Waals surface area contributed by atoms with E-state index in [-0.39, 0.29) is 17.6 Å². The standard InChI is InChI=1S/C24H21Cl2N7O2S/c25-18-11-9-16(10-12-18)14-35-21-8-4-1-5-17(21)13-28-30-23-31-32-24(33(23)27)36-15-22(34)29-20-7-3-2-6-19(20)26/h1-13H,14-15,27H2,(H,29,34)(H,30,31)/b28-13+. The number of amides is 1. The zero-order chi connectivity index (χ0) is 25.3. The molecule has 4 aromatic rings. The summed E-state index contributed by atoms with van der Waals surface area (Å²) in [5.74, 6) is 6.73. The highest BCUT2D eigenvalue weighted by atomic mass is 35.5. The molecular weight excluding hydrogens is 521 g/mol. The number of nitrogens with two attached hydrogens (primary N) is 1. The number of nitrogens with zero attached hydrogens (tertiary/aromatic N) is 4. The van der Waals surface area contributed by atoms with E-state index in [0.29, 0.717) is 33.2 Å². The zero-order valence-corrected chi connectivity index (χ0v) is 21.1. The van der Waals surface area contributed by atoms with Crippen LogP contribution in [0.2, 0.25) is 10.0 Å². The van der Waals surface area contributed by atoms with Crippen LogP contribution >= 0.6 is 35.0 Å². The van der Waals surface area contributed by atoms with Crippen LogP contribution in [-0.2, 0) is 11.4 Å². The van der Waals surface area contributed by atoms with Gasteiger partial charge in [-0.2, -0.15) is 5.10 Å². The number of ether oxygens (including phenoxy) is 1. The van der Waals surface area contributed by atoms with Crippen molar-refractivity contribution in [2.75, 3.05) is 22.3 Å². The molecule has 0 aliphatic carbocycles. The van der Waals surface area contributed by atoms with Crippen molar-refractivity contribution in [3.05, 3.63) is 94.0 Å². The molecule has 12 heteroatoms. The van der Waals surface area contributed by atoms with Gasteiger partial charge < -0.3 is 15.9 Å². The molecule has 0 saturated carbocycles. The lowest BCUT2D eigenvalue weighted by molar-refractivity contribution is -0.113. The van der Waals surface area contributed by atoms with E-state index < -0.39 is 0 Å². The Morgan fingerprint density at radius 3 is 2.61 bits per heavy atom. The molecule has 4 N–H and O–H groups in total. The summed E-state index contributed by atoms with van der Waals surface area (Å²) in [5, 5.41) is 16.4. The maximum absolute atomic E-state index is 12.2. The smallest absolute Gasteiger partial charge is 0.264 e. The van der Waals surface area contributed by atoms with Crippen molar-refractivity contribution in [2.24, 2.45) is 5.10 Å². The molecule has 0 fully saturated rings. The molecule has 4 rings (SSSR count). The van der Waals surface area contributed by atoms with E-state index in [2.05, 4.69) is 26.0 Å². The second-order valence-corrected chi connectivity index (χ2v) is 9.10. The van der Waals surface area contributed by atoms with Crippen LogP contribution in [0.1, 0.15) is 11.1 Å². The van der Waals surface area contributed by atoms with Crippen LogP contribution in [0.3, 0.4) is 0 Å². The Morgan fingerprint density at radius 1 is 1.06 bits per heavy atom. The number of hydrogen-bond acceptors (Lipinski definition) is 8. The molecule has 9 nitrogen and oxygen atoms in total. The molecule has 36 heavy (non-hydrogen) atoms. The van der Waals surface area contributed by atoms with Gasteiger partial charge in [0.2, 0.25) is 11.1 Å². The Hall–Kier alpha value is -3.73. The molecule has 1 heterocycles. The Balaban J connectivity index is 1.31. The molecule has 184 valence electrons. The maximum Gasteiger partial charge on any atom is 0.264 e. The molecule has 0 unspecified atom stereocenters. The number of hydrogen-bond donors (Lipinski definition) is 3. The van der Waals surface area contributed by atoms with Crippen LogP contribution in [0, 0.1) is 0 Å². The highest BCUT2D eigenvalue weighted by Crippen LogP contribution is 2.22. The maximum atomic E-state index is 12.2. The summed E-state index contributed by atoms with van der Waals surface area (Å²) >= 11 is 13.1. The van der Waals surface area contributed by atoms with Gasteiger partial charge in [0.05, 0.1) is 22.7 Å². The summed E-state index contributed by atoms with van der Waals surface area (Å²) in [5.41, 5.74) is 5.04. The summed E-state index contributed by atoms with van der Waals surface area (Å²) < 4.78 is 7.14. The zero-order valence-electron chi connectivity index (χ0n) is 18.8. The monoisotopic (exact) mass is 541 g/mol. The number of nitrogens with one attached hydrogen (secondary N) is 2. The predicted molar refractivity (Wildman–Crippen MR) is 144 cm³/mol. The van der Waals surface area contributed by atoms with Crippen molar-refractivity contribution in [3.63, 3.8) is 0 Å². The van der Waals surface area contributed by atoms with Crippen LogP contribution in [-0.4, -0.2) is 32.7 Å². The highest BCUT2D eigenvalue weighted by molar-refractivity contribution is 7.99. The predicted octanol–water partition coefficient (Wildman–Crippen LogP) is 5.05. The second-order valence-electron chi connectivity index (χ2n) is 7.32. The van der Waals surface area contributed by atoms with E-state index in [4.69, 9.17) is 33.8 Å². The summed E-state index contributed by atoms with van der Waals surface area (Å²) in [6.45, 7) is 0.386. The minimum atomic E-state index is -0.251. The number of carbonyl (C=O) groups excluding carboxylic acids is 1. The topological polar surface area (TPSA) is 119 Å². The SMILES string of the molecule is Nn1c(N/N=C/c2ccccc2OCc2ccc(Cl)cc2)nnc1SCC(=O)Nc1ccccc1Cl. The minimum absolute atomic E-state index is 0.0716. The number of rotatable bonds is 10. The average molecular weight is 542 g/mol. The molecule has 0 spiro atoms. The molecule has 0 bridgehead atoms. The van der Waals surface area contributed by atoms with E-state index in [1.807, 2.05) is 48.5 Å². The van der Waals surface area contributed by atoms with Crippen LogP contribution < -0.4 is 21.3 Å². The largest absolute Gasteiger partial charge is 0.488 e. The van der Waals surface area contributed by atoms with Crippen LogP contribution in [0.25, 0.3) is 0 Å². The first-order chi connectivity index (χ1) is 17.5. The van der Waals surface area contributed by atoms with Gasteiger partial charge in [0.1, 0.15) is 12.4 Å². The molecule has 3 aromatic carbocycles. The Kier molecular flexibility index (Phi) is 8.66. The first-order valence-electron chi connectivity index (χ1n) is 10.6. The van der Waals surface area contributed by atoms with Crippen molar-refractivity contribution in [1.82, 2.24) is 14.9 Å². The first kappa shape index (κ1) is 25.4. The van der Waals surface area contributed by atoms with Crippen molar-refractivity contribution < 1.29 is 9.53 Å². The van der Waals surface area contributed by atoms with E-state index in [0.717, 1.165) is 22.9 Å². The van der Waals surface area contributed by atoms with Gasteiger partial charge >= 0.3 is 0 Å². The third-order valence-electron chi connectivity index (χ3n) is 4.74. The van der Waals surface area contributed by atoms with Crippen molar-refractivity contribution in [3.8, 4) is 5.75 Å². The first-order valence-corrected chi connectivity index (χ1v) is 12.4. The van der Waals surface area contributed by atoms with Gasteiger partial charge in [-0.15, -0.1) is 10.2 Å². The number of anilines is 2. The molecule has 1 aromatic heterocycles. The van der Waals surface area contributed by atoms with E-state index in [9.17, 15) is 4.79 Å². The van der Waals surface area contributed by atoms with Gasteiger partial charge in [0.15, 0.2) is 0 Å². The number of para-hydroxylation sites is 2. The van der Waals surface area contributed by atoms with E-state index in [1.54, 1.807) is 30.5 Å². The summed E-state index contributed by atoms with van der Waals surface area (Å²) in [4.78, 5) is 12.2. The number of benzene rings is 3. The van der Waals surface area contributed by atoms with E-state index >= 15 is 0 Å². The molecule has 0 saturated heterocycles. The van der Waals surface area contributed by atoms with Gasteiger partial charge in [-0.1, -0.05) is 71.4 Å². The number of hydrazone groups is 1. The summed E-state index contributed by atoms with van der Waals surface area (Å²) in [7, 11) is 0. The van der Waals surface area contributed by atoms with Crippen LogP contribution in [0.4, 0.5) is 11.6 Å². The van der Waals surface area contributed by atoms with Crippen molar-refractivity contribution in [1.29, 1.82) is 0 Å². The van der Waals surface area contributed by atoms with E-state index in [1.165, 1.54) is 4.68 Å². The fraction of sp³-hybridized carbons (Fsp3) is 0.0833. The number of nitrogen functional groups attached to an aromatic ring is 1. The average Bonchev–Trinajstić information content (AvgIpc) is 3.23. The number of halogens is 2. The van der Waals surface area contributed by atoms with Crippen LogP contribution in [0.5, 0.6) is 5.75 Å². The third kappa shape index (κ3) is 6.91. The molecule has 0 aliphatic heterocycles. The third-order valence-corrected chi connectivity index (χ3v) is 6.26. The molecule has 0 radical (unpaired) electrons. The Morgan fingerprint density at radius 2 is 1.81 bits per heavy atom. The fourth-order valence-electron chi connectivity index (χ4n) is 2.95. The number of aromatic nitrogens is 3. The van der Waals surface area contributed by atoms with Gasteiger partial charge in [0.25, 0.3) is 5.95 Å². The second kappa shape index (κ2) is 12.3. The van der Waals surface area contributed by atoms with Gasteiger partial charge in [0, 0.05) is 10.6 Å². The summed E-state index contributed by atoms with van der Waals surface area (Å²) in [6.07, 6.45) is 1.59. The Bertz CT molecular complexity index is 1360. The normalized spacial score (nSPS) is 10.9. The number of carbonyl (C=O) groups is 1. The summed E-state index contributed by atoms with van der Waals surface area (Å²) in [6, 6.07) is 21.9. The molecular formula is C24H21Cl2N7O2S. The molecule has 0 aliphatic rings. The quantitative estimate of drug-likeness (QED) is 0.111.